The summed E-state index contributed by atoms with van der Waals surface area (Å²) >= 11 is 3.43. The molecule has 7 heteroatoms. The normalized spacial score (nSPS) is 11.1. The van der Waals surface area contributed by atoms with Gasteiger partial charge in [0.05, 0.1) is 11.9 Å². The maximum atomic E-state index is 5.54. The van der Waals surface area contributed by atoms with Crippen LogP contribution in [-0.4, -0.2) is 19.4 Å². The highest BCUT2D eigenvalue weighted by atomic mass is 79.9. The number of hydrogen-bond donors (Lipinski definition) is 1. The number of anilines is 2. The molecule has 0 amide bonds. The maximum absolute atomic E-state index is 5.54. The molecule has 0 saturated carbocycles. The summed E-state index contributed by atoms with van der Waals surface area (Å²) in [5.74, 6) is 2.11. The molecular formula is C17H14BrN5O. The van der Waals surface area contributed by atoms with Crippen LogP contribution in [0.3, 0.4) is 0 Å². The standard InChI is InChI=1S/C17H14BrN5O/c1-10-8-23-9-15(18)22-16(17(23)20-10)21-13-5-3-12(4-6-13)14-7-19-11(2)24-14/h3-9H,1-2H3,(H,21,22). The maximum Gasteiger partial charge on any atom is 0.191 e. The third-order valence-corrected chi connectivity index (χ3v) is 3.96. The van der Waals surface area contributed by atoms with E-state index < -0.39 is 0 Å². The fourth-order valence-electron chi connectivity index (χ4n) is 2.52. The van der Waals surface area contributed by atoms with E-state index in [2.05, 4.69) is 36.2 Å². The van der Waals surface area contributed by atoms with E-state index in [1.54, 1.807) is 6.20 Å². The summed E-state index contributed by atoms with van der Waals surface area (Å²) < 4.78 is 8.22. The molecule has 0 aliphatic rings. The number of benzene rings is 1. The number of nitrogens with one attached hydrogen (secondary N) is 1. The molecule has 1 N–H and O–H groups in total. The average Bonchev–Trinajstić information content (AvgIpc) is 3.13. The highest BCUT2D eigenvalue weighted by Crippen LogP contribution is 2.25. The van der Waals surface area contributed by atoms with Gasteiger partial charge in [0, 0.05) is 30.6 Å². The van der Waals surface area contributed by atoms with Crippen molar-refractivity contribution < 1.29 is 4.42 Å². The number of nitrogens with zero attached hydrogens (tertiary/aromatic N) is 4. The van der Waals surface area contributed by atoms with Gasteiger partial charge in [0.2, 0.25) is 0 Å². The van der Waals surface area contributed by atoms with Gasteiger partial charge in [0.25, 0.3) is 0 Å². The Morgan fingerprint density at radius 1 is 1.08 bits per heavy atom. The molecule has 0 saturated heterocycles. The van der Waals surface area contributed by atoms with Crippen LogP contribution >= 0.6 is 15.9 Å². The minimum atomic E-state index is 0.655. The lowest BCUT2D eigenvalue weighted by molar-refractivity contribution is 0.534. The van der Waals surface area contributed by atoms with Crippen LogP contribution in [0.5, 0.6) is 0 Å². The van der Waals surface area contributed by atoms with Gasteiger partial charge in [-0.25, -0.2) is 15.0 Å². The van der Waals surface area contributed by atoms with E-state index in [0.29, 0.717) is 11.7 Å². The summed E-state index contributed by atoms with van der Waals surface area (Å²) in [5, 5.41) is 3.31. The Kier molecular flexibility index (Phi) is 3.57. The van der Waals surface area contributed by atoms with Crippen molar-refractivity contribution in [3.8, 4) is 11.3 Å². The molecule has 3 aromatic heterocycles. The van der Waals surface area contributed by atoms with E-state index in [1.807, 2.05) is 54.9 Å². The van der Waals surface area contributed by atoms with Gasteiger partial charge in [-0.15, -0.1) is 0 Å². The van der Waals surface area contributed by atoms with Crippen molar-refractivity contribution in [3.63, 3.8) is 0 Å². The van der Waals surface area contributed by atoms with Crippen LogP contribution in [-0.2, 0) is 0 Å². The first-order valence-corrected chi connectivity index (χ1v) is 8.19. The molecule has 0 aliphatic heterocycles. The Bertz CT molecular complexity index is 1020. The van der Waals surface area contributed by atoms with Crippen LogP contribution in [0.25, 0.3) is 17.0 Å². The third-order valence-electron chi connectivity index (χ3n) is 3.58. The fourth-order valence-corrected chi connectivity index (χ4v) is 2.92. The molecule has 0 aliphatic carbocycles. The number of oxazole rings is 1. The number of halogens is 1. The first kappa shape index (κ1) is 14.9. The minimum absolute atomic E-state index is 0.655. The molecule has 4 aromatic rings. The van der Waals surface area contributed by atoms with Crippen molar-refractivity contribution in [2.24, 2.45) is 0 Å². The lowest BCUT2D eigenvalue weighted by Crippen LogP contribution is -1.98. The molecule has 1 aromatic carbocycles. The largest absolute Gasteiger partial charge is 0.441 e. The Morgan fingerprint density at radius 3 is 2.58 bits per heavy atom. The van der Waals surface area contributed by atoms with Crippen LogP contribution < -0.4 is 5.32 Å². The number of fused-ring (bicyclic) bond motifs is 1. The SMILES string of the molecule is Cc1cn2cc(Br)nc(Nc3ccc(-c4cnc(C)o4)cc3)c2n1. The summed E-state index contributed by atoms with van der Waals surface area (Å²) in [6, 6.07) is 7.91. The van der Waals surface area contributed by atoms with E-state index in [-0.39, 0.29) is 0 Å². The molecule has 3 heterocycles. The van der Waals surface area contributed by atoms with Crippen molar-refractivity contribution in [3.05, 3.63) is 59.0 Å². The molecular weight excluding hydrogens is 370 g/mol. The lowest BCUT2D eigenvalue weighted by atomic mass is 10.2. The summed E-state index contributed by atoms with van der Waals surface area (Å²) in [5.41, 5.74) is 3.62. The minimum Gasteiger partial charge on any atom is -0.441 e. The third kappa shape index (κ3) is 2.78. The number of aromatic nitrogens is 4. The second kappa shape index (κ2) is 5.76. The van der Waals surface area contributed by atoms with Crippen molar-refractivity contribution in [2.45, 2.75) is 13.8 Å². The van der Waals surface area contributed by atoms with Crippen LogP contribution in [0, 0.1) is 13.8 Å². The second-order valence-electron chi connectivity index (χ2n) is 5.47. The van der Waals surface area contributed by atoms with E-state index in [4.69, 9.17) is 4.42 Å². The zero-order valence-electron chi connectivity index (χ0n) is 13.1. The van der Waals surface area contributed by atoms with E-state index >= 15 is 0 Å². The molecule has 0 spiro atoms. The second-order valence-corrected chi connectivity index (χ2v) is 6.28. The molecule has 0 atom stereocenters. The van der Waals surface area contributed by atoms with Gasteiger partial charge in [0.15, 0.2) is 23.1 Å². The van der Waals surface area contributed by atoms with Gasteiger partial charge in [0.1, 0.15) is 4.60 Å². The van der Waals surface area contributed by atoms with Gasteiger partial charge >= 0.3 is 0 Å². The van der Waals surface area contributed by atoms with Gasteiger partial charge in [-0.2, -0.15) is 0 Å². The number of imidazole rings is 1. The van der Waals surface area contributed by atoms with Gasteiger partial charge in [-0.1, -0.05) is 0 Å². The van der Waals surface area contributed by atoms with E-state index in [1.165, 1.54) is 0 Å². The summed E-state index contributed by atoms with van der Waals surface area (Å²) in [6.45, 7) is 3.79. The quantitative estimate of drug-likeness (QED) is 0.563. The van der Waals surface area contributed by atoms with Crippen molar-refractivity contribution >= 4 is 33.1 Å². The van der Waals surface area contributed by atoms with Crippen LogP contribution in [0.2, 0.25) is 0 Å². The summed E-state index contributed by atoms with van der Waals surface area (Å²) in [6.07, 6.45) is 5.57. The molecule has 0 radical (unpaired) electrons. The molecule has 0 fully saturated rings. The van der Waals surface area contributed by atoms with Gasteiger partial charge in [-0.3, -0.25) is 0 Å². The molecule has 24 heavy (non-hydrogen) atoms. The van der Waals surface area contributed by atoms with Crippen LogP contribution in [0.1, 0.15) is 11.6 Å². The van der Waals surface area contributed by atoms with Crippen molar-refractivity contribution in [2.75, 3.05) is 5.32 Å². The molecule has 120 valence electrons. The van der Waals surface area contributed by atoms with E-state index in [9.17, 15) is 0 Å². The Balaban J connectivity index is 1.66. The average molecular weight is 384 g/mol. The van der Waals surface area contributed by atoms with E-state index in [0.717, 1.165) is 33.0 Å². The Labute approximate surface area is 146 Å². The zero-order chi connectivity index (χ0) is 16.7. The smallest absolute Gasteiger partial charge is 0.191 e. The predicted molar refractivity (Wildman–Crippen MR) is 95.4 cm³/mol. The van der Waals surface area contributed by atoms with Crippen molar-refractivity contribution in [1.29, 1.82) is 0 Å². The van der Waals surface area contributed by atoms with Crippen LogP contribution in [0.15, 0.2) is 51.9 Å². The summed E-state index contributed by atoms with van der Waals surface area (Å²) in [7, 11) is 0. The first-order chi connectivity index (χ1) is 11.6. The zero-order valence-corrected chi connectivity index (χ0v) is 14.7. The monoisotopic (exact) mass is 383 g/mol. The summed E-state index contributed by atoms with van der Waals surface area (Å²) in [4.78, 5) is 13.1. The van der Waals surface area contributed by atoms with Crippen LogP contribution in [0.4, 0.5) is 11.5 Å². The number of hydrogen-bond acceptors (Lipinski definition) is 5. The Hall–Kier alpha value is -2.67. The molecule has 4 rings (SSSR count). The first-order valence-electron chi connectivity index (χ1n) is 7.40. The molecule has 0 unspecified atom stereocenters. The highest BCUT2D eigenvalue weighted by Gasteiger charge is 2.09. The highest BCUT2D eigenvalue weighted by molar-refractivity contribution is 9.10. The van der Waals surface area contributed by atoms with Crippen molar-refractivity contribution in [1.82, 2.24) is 19.4 Å². The predicted octanol–water partition coefficient (Wildman–Crippen LogP) is 4.51. The topological polar surface area (TPSA) is 68.2 Å². The molecule has 6 nitrogen and oxygen atoms in total. The number of rotatable bonds is 3. The Morgan fingerprint density at radius 2 is 1.88 bits per heavy atom. The lowest BCUT2D eigenvalue weighted by Gasteiger charge is -2.08. The van der Waals surface area contributed by atoms with Gasteiger partial charge in [-0.05, 0) is 47.1 Å². The number of aryl methyl sites for hydroxylation is 2. The molecule has 0 bridgehead atoms. The van der Waals surface area contributed by atoms with Gasteiger partial charge < -0.3 is 14.1 Å². The fraction of sp³-hybridized carbons (Fsp3) is 0.118.